The second kappa shape index (κ2) is 6.90. The van der Waals surface area contributed by atoms with E-state index < -0.39 is 0 Å². The molecule has 0 aliphatic carbocycles. The highest BCUT2D eigenvalue weighted by atomic mass is 16.5. The van der Waals surface area contributed by atoms with Crippen LogP contribution in [0.1, 0.15) is 24.9 Å². The lowest BCUT2D eigenvalue weighted by atomic mass is 9.99. The van der Waals surface area contributed by atoms with E-state index in [9.17, 15) is 4.79 Å². The first kappa shape index (κ1) is 15.0. The summed E-state index contributed by atoms with van der Waals surface area (Å²) in [4.78, 5) is 12.2. The van der Waals surface area contributed by atoms with Crippen molar-refractivity contribution in [3.8, 4) is 0 Å². The largest absolute Gasteiger partial charge is 0.375 e. The van der Waals surface area contributed by atoms with Crippen molar-refractivity contribution in [3.63, 3.8) is 0 Å². The molecule has 22 heavy (non-hydrogen) atoms. The molecular weight excluding hydrogens is 276 g/mol. The van der Waals surface area contributed by atoms with Crippen molar-refractivity contribution in [2.75, 3.05) is 19.7 Å². The topological polar surface area (TPSA) is 50.4 Å². The zero-order chi connectivity index (χ0) is 15.4. The number of carbonyl (C=O) groups excluding carboxylic acids is 1. The van der Waals surface area contributed by atoms with E-state index in [1.165, 1.54) is 10.8 Å². The average molecular weight is 298 g/mol. The van der Waals surface area contributed by atoms with Gasteiger partial charge in [-0.05, 0) is 23.3 Å². The molecule has 4 nitrogen and oxygen atoms in total. The molecule has 2 N–H and O–H groups in total. The zero-order valence-electron chi connectivity index (χ0n) is 12.8. The molecule has 0 aromatic heterocycles. The summed E-state index contributed by atoms with van der Waals surface area (Å²) in [5.74, 6) is 0.0362. The molecule has 0 radical (unpaired) electrons. The predicted molar refractivity (Wildman–Crippen MR) is 87.7 cm³/mol. The van der Waals surface area contributed by atoms with Gasteiger partial charge in [-0.15, -0.1) is 0 Å². The van der Waals surface area contributed by atoms with Gasteiger partial charge in [0.05, 0.1) is 25.2 Å². The SMILES string of the molecule is CC(NC(=O)CC1CNCCO1)c1cccc2ccccc12. The van der Waals surface area contributed by atoms with Crippen LogP contribution in [0.3, 0.4) is 0 Å². The van der Waals surface area contributed by atoms with Crippen LogP contribution in [0, 0.1) is 0 Å². The second-order valence-electron chi connectivity index (χ2n) is 5.76. The minimum Gasteiger partial charge on any atom is -0.375 e. The molecule has 2 aromatic rings. The first-order valence-corrected chi connectivity index (χ1v) is 7.83. The molecule has 1 amide bonds. The minimum atomic E-state index is -0.0199. The first-order chi connectivity index (χ1) is 10.7. The lowest BCUT2D eigenvalue weighted by molar-refractivity contribution is -0.125. The Labute approximate surface area is 130 Å². The molecule has 2 unspecified atom stereocenters. The number of rotatable bonds is 4. The summed E-state index contributed by atoms with van der Waals surface area (Å²) in [7, 11) is 0. The van der Waals surface area contributed by atoms with Gasteiger partial charge in [-0.1, -0.05) is 42.5 Å². The van der Waals surface area contributed by atoms with Crippen LogP contribution in [0.5, 0.6) is 0 Å². The van der Waals surface area contributed by atoms with Gasteiger partial charge < -0.3 is 15.4 Å². The molecule has 1 aliphatic heterocycles. The van der Waals surface area contributed by atoms with Gasteiger partial charge in [-0.2, -0.15) is 0 Å². The smallest absolute Gasteiger partial charge is 0.223 e. The van der Waals surface area contributed by atoms with Crippen LogP contribution < -0.4 is 10.6 Å². The van der Waals surface area contributed by atoms with E-state index in [1.54, 1.807) is 0 Å². The van der Waals surface area contributed by atoms with Crippen LogP contribution in [0.2, 0.25) is 0 Å². The summed E-state index contributed by atoms with van der Waals surface area (Å²) in [6.45, 7) is 4.32. The Morgan fingerprint density at radius 2 is 2.14 bits per heavy atom. The maximum atomic E-state index is 12.2. The normalized spacial score (nSPS) is 19.8. The third-order valence-electron chi connectivity index (χ3n) is 4.08. The summed E-state index contributed by atoms with van der Waals surface area (Å²) < 4.78 is 5.58. The van der Waals surface area contributed by atoms with E-state index in [2.05, 4.69) is 34.9 Å². The molecule has 1 aliphatic rings. The summed E-state index contributed by atoms with van der Waals surface area (Å²) in [6.07, 6.45) is 0.385. The van der Waals surface area contributed by atoms with Crippen LogP contribution in [0.4, 0.5) is 0 Å². The van der Waals surface area contributed by atoms with Gasteiger partial charge >= 0.3 is 0 Å². The Morgan fingerprint density at radius 3 is 2.95 bits per heavy atom. The van der Waals surface area contributed by atoms with E-state index in [4.69, 9.17) is 4.74 Å². The van der Waals surface area contributed by atoms with Gasteiger partial charge in [0, 0.05) is 13.1 Å². The van der Waals surface area contributed by atoms with Crippen LogP contribution in [0.25, 0.3) is 10.8 Å². The maximum Gasteiger partial charge on any atom is 0.223 e. The van der Waals surface area contributed by atoms with E-state index in [1.807, 2.05) is 25.1 Å². The Balaban J connectivity index is 1.67. The highest BCUT2D eigenvalue weighted by molar-refractivity contribution is 5.86. The van der Waals surface area contributed by atoms with Gasteiger partial charge in [-0.3, -0.25) is 4.79 Å². The van der Waals surface area contributed by atoms with E-state index >= 15 is 0 Å². The van der Waals surface area contributed by atoms with Gasteiger partial charge in [0.1, 0.15) is 0 Å². The minimum absolute atomic E-state index is 0.0184. The van der Waals surface area contributed by atoms with E-state index in [-0.39, 0.29) is 18.1 Å². The average Bonchev–Trinajstić information content (AvgIpc) is 2.55. The predicted octanol–water partition coefficient (Wildman–Crippen LogP) is 2.40. The fraction of sp³-hybridized carbons (Fsp3) is 0.389. The van der Waals surface area contributed by atoms with Crippen LogP contribution in [0.15, 0.2) is 42.5 Å². The number of hydrogen-bond donors (Lipinski definition) is 2. The van der Waals surface area contributed by atoms with Gasteiger partial charge in [0.25, 0.3) is 0 Å². The summed E-state index contributed by atoms with van der Waals surface area (Å²) in [5, 5.41) is 8.72. The van der Waals surface area contributed by atoms with Crippen LogP contribution in [-0.4, -0.2) is 31.7 Å². The Kier molecular flexibility index (Phi) is 4.71. The van der Waals surface area contributed by atoms with Crippen molar-refractivity contribution < 1.29 is 9.53 Å². The van der Waals surface area contributed by atoms with Crippen molar-refractivity contribution in [2.24, 2.45) is 0 Å². The number of amides is 1. The number of nitrogens with one attached hydrogen (secondary N) is 2. The fourth-order valence-electron chi connectivity index (χ4n) is 2.96. The molecule has 0 spiro atoms. The zero-order valence-corrected chi connectivity index (χ0v) is 12.8. The van der Waals surface area contributed by atoms with Crippen LogP contribution >= 0.6 is 0 Å². The van der Waals surface area contributed by atoms with Gasteiger partial charge in [0.2, 0.25) is 5.91 Å². The summed E-state index contributed by atoms with van der Waals surface area (Å²) in [5.41, 5.74) is 1.15. The Bertz CT molecular complexity index is 645. The number of benzene rings is 2. The van der Waals surface area contributed by atoms with Crippen molar-refractivity contribution in [3.05, 3.63) is 48.0 Å². The molecule has 1 saturated heterocycles. The van der Waals surface area contributed by atoms with Gasteiger partial charge in [-0.25, -0.2) is 0 Å². The molecule has 0 saturated carbocycles. The van der Waals surface area contributed by atoms with Crippen molar-refractivity contribution >= 4 is 16.7 Å². The molecule has 1 fully saturated rings. The van der Waals surface area contributed by atoms with Crippen LogP contribution in [-0.2, 0) is 9.53 Å². The number of carbonyl (C=O) groups is 1. The summed E-state index contributed by atoms with van der Waals surface area (Å²) in [6, 6.07) is 14.4. The van der Waals surface area contributed by atoms with E-state index in [0.29, 0.717) is 13.0 Å². The summed E-state index contributed by atoms with van der Waals surface area (Å²) >= 11 is 0. The number of ether oxygens (including phenoxy) is 1. The third kappa shape index (κ3) is 3.46. The fourth-order valence-corrected chi connectivity index (χ4v) is 2.96. The lowest BCUT2D eigenvalue weighted by Crippen LogP contribution is -2.41. The second-order valence-corrected chi connectivity index (χ2v) is 5.76. The highest BCUT2D eigenvalue weighted by Crippen LogP contribution is 2.24. The van der Waals surface area contributed by atoms with Crippen molar-refractivity contribution in [2.45, 2.75) is 25.5 Å². The van der Waals surface area contributed by atoms with E-state index in [0.717, 1.165) is 18.7 Å². The molecular formula is C18H22N2O2. The third-order valence-corrected chi connectivity index (χ3v) is 4.08. The maximum absolute atomic E-state index is 12.2. The van der Waals surface area contributed by atoms with Crippen molar-refractivity contribution in [1.82, 2.24) is 10.6 Å². The molecule has 2 aromatic carbocycles. The lowest BCUT2D eigenvalue weighted by Gasteiger charge is -2.24. The molecule has 1 heterocycles. The number of morpholine rings is 1. The number of hydrogen-bond acceptors (Lipinski definition) is 3. The van der Waals surface area contributed by atoms with Gasteiger partial charge in [0.15, 0.2) is 0 Å². The molecule has 2 atom stereocenters. The highest BCUT2D eigenvalue weighted by Gasteiger charge is 2.19. The molecule has 116 valence electrons. The Morgan fingerprint density at radius 1 is 1.32 bits per heavy atom. The first-order valence-electron chi connectivity index (χ1n) is 7.83. The Hall–Kier alpha value is -1.91. The molecule has 3 rings (SSSR count). The standard InChI is InChI=1S/C18H22N2O2/c1-13(20-18(21)11-15-12-19-9-10-22-15)16-8-4-6-14-5-2-3-7-17(14)16/h2-8,13,15,19H,9-12H2,1H3,(H,20,21). The number of fused-ring (bicyclic) bond motifs is 1. The quantitative estimate of drug-likeness (QED) is 0.911. The molecule has 4 heteroatoms. The molecule has 0 bridgehead atoms. The van der Waals surface area contributed by atoms with Crippen molar-refractivity contribution in [1.29, 1.82) is 0 Å². The monoisotopic (exact) mass is 298 g/mol.